The van der Waals surface area contributed by atoms with E-state index in [1.165, 1.54) is 6.07 Å². The number of hydrogen-bond donors (Lipinski definition) is 1. The summed E-state index contributed by atoms with van der Waals surface area (Å²) < 4.78 is 22.3. The molecule has 5 nitrogen and oxygen atoms in total. The third-order valence-corrected chi connectivity index (χ3v) is 5.95. The Morgan fingerprint density at radius 2 is 1.69 bits per heavy atom. The molecule has 0 saturated carbocycles. The van der Waals surface area contributed by atoms with Crippen LogP contribution in [0, 0.1) is 5.82 Å². The largest absolute Gasteiger partial charge is 0.495 e. The molecule has 0 amide bonds. The summed E-state index contributed by atoms with van der Waals surface area (Å²) in [5, 5.41) is 3.99. The minimum Gasteiger partial charge on any atom is -0.495 e. The zero-order valence-electron chi connectivity index (χ0n) is 17.4. The van der Waals surface area contributed by atoms with Crippen LogP contribution >= 0.6 is 12.2 Å². The fourth-order valence-electron chi connectivity index (χ4n) is 4.25. The van der Waals surface area contributed by atoms with Gasteiger partial charge in [-0.15, -0.1) is 0 Å². The number of pyridine rings is 1. The molecule has 0 aliphatic carbocycles. The summed E-state index contributed by atoms with van der Waals surface area (Å²) in [5.74, 6) is 0.407. The molecule has 4 aromatic rings. The molecule has 1 saturated heterocycles. The number of ether oxygens (including phenoxy) is 1. The fraction of sp³-hybridized carbons (Fsp3) is 0.120. The van der Waals surface area contributed by atoms with Gasteiger partial charge in [-0.1, -0.05) is 30.3 Å². The number of hydrogen-bond acceptors (Lipinski definition) is 3. The number of thiocarbonyl (C=S) groups is 1. The van der Waals surface area contributed by atoms with E-state index in [9.17, 15) is 4.39 Å². The van der Waals surface area contributed by atoms with Crippen LogP contribution in [0.3, 0.4) is 0 Å². The first-order chi connectivity index (χ1) is 15.7. The third-order valence-electron chi connectivity index (χ3n) is 5.64. The van der Waals surface area contributed by atoms with Gasteiger partial charge in [-0.2, -0.15) is 0 Å². The second-order valence-corrected chi connectivity index (χ2v) is 7.81. The number of rotatable bonds is 5. The molecule has 2 aromatic heterocycles. The molecular formula is C25H21FN4OS. The van der Waals surface area contributed by atoms with Gasteiger partial charge in [-0.3, -0.25) is 4.98 Å². The van der Waals surface area contributed by atoms with E-state index in [-0.39, 0.29) is 17.9 Å². The van der Waals surface area contributed by atoms with Crippen LogP contribution in [0.1, 0.15) is 23.5 Å². The van der Waals surface area contributed by atoms with Gasteiger partial charge in [0.2, 0.25) is 0 Å². The second kappa shape index (κ2) is 8.43. The van der Waals surface area contributed by atoms with Gasteiger partial charge >= 0.3 is 0 Å². The second-order valence-electron chi connectivity index (χ2n) is 7.42. The maximum Gasteiger partial charge on any atom is 0.174 e. The van der Waals surface area contributed by atoms with Gasteiger partial charge in [0, 0.05) is 18.1 Å². The van der Waals surface area contributed by atoms with Gasteiger partial charge in [0.15, 0.2) is 5.11 Å². The molecule has 3 heterocycles. The molecule has 1 aliphatic heterocycles. The molecule has 7 heteroatoms. The minimum atomic E-state index is -0.295. The van der Waals surface area contributed by atoms with Crippen molar-refractivity contribution in [3.8, 4) is 11.4 Å². The van der Waals surface area contributed by atoms with Gasteiger partial charge in [0.05, 0.1) is 30.2 Å². The lowest BCUT2D eigenvalue weighted by Crippen LogP contribution is -2.30. The predicted molar refractivity (Wildman–Crippen MR) is 127 cm³/mol. The number of nitrogens with one attached hydrogen (secondary N) is 1. The molecule has 1 N–H and O–H groups in total. The summed E-state index contributed by atoms with van der Waals surface area (Å²) in [6.45, 7) is 0. The van der Waals surface area contributed by atoms with Crippen molar-refractivity contribution < 1.29 is 9.13 Å². The van der Waals surface area contributed by atoms with E-state index in [2.05, 4.69) is 10.3 Å². The lowest BCUT2D eigenvalue weighted by Gasteiger charge is -2.30. The first kappa shape index (κ1) is 20.2. The number of halogens is 1. The van der Waals surface area contributed by atoms with Gasteiger partial charge in [0.25, 0.3) is 0 Å². The van der Waals surface area contributed by atoms with Crippen LogP contribution in [0.25, 0.3) is 5.69 Å². The summed E-state index contributed by atoms with van der Waals surface area (Å²) in [4.78, 5) is 6.61. The lowest BCUT2D eigenvalue weighted by molar-refractivity contribution is 0.414. The van der Waals surface area contributed by atoms with Gasteiger partial charge in [-0.05, 0) is 60.7 Å². The van der Waals surface area contributed by atoms with Gasteiger partial charge < -0.3 is 19.5 Å². The standard InChI is InChI=1S/C25H21FN4OS/c1-31-22-14-5-4-12-20(22)30-24(23(28-25(30)32)18-10-6-7-15-27-18)21-13-8-16-29(21)19-11-3-2-9-17(19)26/h2-16,23-24H,1H3,(H,28,32)/t23-,24-/m1/s1. The molecule has 0 bridgehead atoms. The number of anilines is 1. The molecule has 32 heavy (non-hydrogen) atoms. The molecule has 1 aliphatic rings. The lowest BCUT2D eigenvalue weighted by atomic mass is 10.0. The Morgan fingerprint density at radius 3 is 2.44 bits per heavy atom. The van der Waals surface area contributed by atoms with Crippen molar-refractivity contribution in [2.45, 2.75) is 12.1 Å². The Hall–Kier alpha value is -3.71. The zero-order valence-corrected chi connectivity index (χ0v) is 18.2. The van der Waals surface area contributed by atoms with Crippen molar-refractivity contribution in [2.24, 2.45) is 0 Å². The van der Waals surface area contributed by atoms with Crippen LogP contribution in [0.5, 0.6) is 5.75 Å². The number of nitrogens with zero attached hydrogens (tertiary/aromatic N) is 3. The van der Waals surface area contributed by atoms with E-state index >= 15 is 0 Å². The van der Waals surface area contributed by atoms with Crippen molar-refractivity contribution in [2.75, 3.05) is 12.0 Å². The highest BCUT2D eigenvalue weighted by Gasteiger charge is 2.43. The number of aromatic nitrogens is 2. The zero-order chi connectivity index (χ0) is 22.1. The smallest absolute Gasteiger partial charge is 0.174 e. The maximum absolute atomic E-state index is 14.7. The highest BCUT2D eigenvalue weighted by molar-refractivity contribution is 7.80. The molecule has 160 valence electrons. The number of benzene rings is 2. The maximum atomic E-state index is 14.7. The van der Waals surface area contributed by atoms with Crippen molar-refractivity contribution in [3.63, 3.8) is 0 Å². The molecule has 2 aromatic carbocycles. The normalized spacial score (nSPS) is 17.9. The Morgan fingerprint density at radius 1 is 0.938 bits per heavy atom. The molecule has 5 rings (SSSR count). The Kier molecular flexibility index (Phi) is 5.33. The summed E-state index contributed by atoms with van der Waals surface area (Å²) >= 11 is 5.79. The molecule has 0 unspecified atom stereocenters. The molecule has 2 atom stereocenters. The van der Waals surface area contributed by atoms with Crippen LogP contribution in [-0.2, 0) is 0 Å². The fourth-order valence-corrected chi connectivity index (χ4v) is 4.58. The summed E-state index contributed by atoms with van der Waals surface area (Å²) in [5.41, 5.74) is 3.03. The van der Waals surface area contributed by atoms with Crippen LogP contribution in [0.4, 0.5) is 10.1 Å². The van der Waals surface area contributed by atoms with Crippen molar-refractivity contribution in [3.05, 3.63) is 108 Å². The van der Waals surface area contributed by atoms with Crippen molar-refractivity contribution in [1.82, 2.24) is 14.9 Å². The van der Waals surface area contributed by atoms with Crippen molar-refractivity contribution >= 4 is 23.0 Å². The first-order valence-electron chi connectivity index (χ1n) is 10.2. The van der Waals surface area contributed by atoms with E-state index in [0.717, 1.165) is 17.1 Å². The van der Waals surface area contributed by atoms with Crippen LogP contribution in [0.2, 0.25) is 0 Å². The predicted octanol–water partition coefficient (Wildman–Crippen LogP) is 5.20. The average molecular weight is 445 g/mol. The van der Waals surface area contributed by atoms with Crippen LogP contribution in [-0.4, -0.2) is 21.8 Å². The average Bonchev–Trinajstić information content (AvgIpc) is 3.44. The highest BCUT2D eigenvalue weighted by Crippen LogP contribution is 2.44. The first-order valence-corrected chi connectivity index (χ1v) is 10.7. The monoisotopic (exact) mass is 444 g/mol. The van der Waals surface area contributed by atoms with Gasteiger partial charge in [-0.25, -0.2) is 4.39 Å². The summed E-state index contributed by atoms with van der Waals surface area (Å²) in [6.07, 6.45) is 3.63. The Balaban J connectivity index is 1.71. The highest BCUT2D eigenvalue weighted by atomic mass is 32.1. The van der Waals surface area contributed by atoms with Crippen LogP contribution < -0.4 is 15.0 Å². The molecule has 0 radical (unpaired) electrons. The Labute approximate surface area is 191 Å². The SMILES string of the molecule is COc1ccccc1N1C(=S)N[C@H](c2ccccn2)[C@H]1c1cccn1-c1ccccc1F. The van der Waals surface area contributed by atoms with E-state index in [0.29, 0.717) is 16.5 Å². The van der Waals surface area contributed by atoms with E-state index in [1.54, 1.807) is 25.4 Å². The van der Waals surface area contributed by atoms with E-state index in [1.807, 2.05) is 76.3 Å². The minimum absolute atomic E-state index is 0.242. The van der Waals surface area contributed by atoms with Crippen LogP contribution in [0.15, 0.2) is 91.3 Å². The van der Waals surface area contributed by atoms with Gasteiger partial charge in [0.1, 0.15) is 17.6 Å². The summed E-state index contributed by atoms with van der Waals surface area (Å²) in [7, 11) is 1.64. The number of para-hydroxylation sites is 3. The summed E-state index contributed by atoms with van der Waals surface area (Å²) in [6, 6.07) is 23.7. The Bertz CT molecular complexity index is 1260. The third kappa shape index (κ3) is 3.40. The van der Waals surface area contributed by atoms with E-state index < -0.39 is 0 Å². The van der Waals surface area contributed by atoms with Crippen molar-refractivity contribution in [1.29, 1.82) is 0 Å². The molecular weight excluding hydrogens is 423 g/mol. The quantitative estimate of drug-likeness (QED) is 0.429. The molecule has 1 fully saturated rings. The van der Waals surface area contributed by atoms with E-state index in [4.69, 9.17) is 17.0 Å². The number of methoxy groups -OCH3 is 1. The molecule has 0 spiro atoms. The topological polar surface area (TPSA) is 42.3 Å².